The molecule has 0 aliphatic rings. The van der Waals surface area contributed by atoms with Crippen LogP contribution in [0.25, 0.3) is 11.1 Å². The average Bonchev–Trinajstić information content (AvgIpc) is 3.18. The third kappa shape index (κ3) is 5.59. The third-order valence-electron chi connectivity index (χ3n) is 3.77. The fourth-order valence-electron chi connectivity index (χ4n) is 2.33. The Morgan fingerprint density at radius 2 is 2.07 bits per heavy atom. The van der Waals surface area contributed by atoms with Gasteiger partial charge in [-0.05, 0) is 37.6 Å². The molecule has 0 saturated heterocycles. The number of pyridine rings is 1. The SMILES string of the molecule is [2H]C([2H])(Oc1cc(-c2cnn(S(C)(=O)=O)c2)cnc1N)c1cccc(C#CC(C)(C)O)c1. The van der Waals surface area contributed by atoms with Crippen molar-refractivity contribution in [2.45, 2.75) is 26.0 Å². The van der Waals surface area contributed by atoms with Gasteiger partial charge < -0.3 is 15.6 Å². The van der Waals surface area contributed by atoms with Crippen LogP contribution in [0.4, 0.5) is 5.82 Å². The second-order valence-corrected chi connectivity index (χ2v) is 8.91. The summed E-state index contributed by atoms with van der Waals surface area (Å²) in [7, 11) is -3.55. The van der Waals surface area contributed by atoms with Crippen molar-refractivity contribution < 1.29 is 21.0 Å². The molecule has 0 unspecified atom stereocenters. The zero-order valence-electron chi connectivity index (χ0n) is 18.6. The molecule has 0 amide bonds. The molecule has 0 aliphatic carbocycles. The lowest BCUT2D eigenvalue weighted by Crippen LogP contribution is -2.14. The van der Waals surface area contributed by atoms with Crippen LogP contribution >= 0.6 is 0 Å². The summed E-state index contributed by atoms with van der Waals surface area (Å²) in [5, 5.41) is 13.6. The van der Waals surface area contributed by atoms with Crippen LogP contribution in [0.5, 0.6) is 5.75 Å². The van der Waals surface area contributed by atoms with Crippen molar-refractivity contribution in [3.8, 4) is 28.7 Å². The Balaban J connectivity index is 1.92. The van der Waals surface area contributed by atoms with Crippen molar-refractivity contribution >= 4 is 15.8 Å². The zero-order valence-corrected chi connectivity index (χ0v) is 17.4. The van der Waals surface area contributed by atoms with Gasteiger partial charge in [-0.3, -0.25) is 0 Å². The maximum absolute atomic E-state index is 11.6. The second kappa shape index (κ2) is 8.18. The summed E-state index contributed by atoms with van der Waals surface area (Å²) < 4.78 is 46.4. The highest BCUT2D eigenvalue weighted by Gasteiger charge is 2.12. The van der Waals surface area contributed by atoms with Gasteiger partial charge in [0.25, 0.3) is 10.0 Å². The molecule has 0 radical (unpaired) electrons. The van der Waals surface area contributed by atoms with Crippen LogP contribution < -0.4 is 10.5 Å². The minimum atomic E-state index is -3.55. The van der Waals surface area contributed by atoms with Crippen LogP contribution in [-0.4, -0.2) is 39.6 Å². The molecule has 9 heteroatoms. The Hall–Kier alpha value is -3.35. The minimum absolute atomic E-state index is 0.0208. The highest BCUT2D eigenvalue weighted by Crippen LogP contribution is 2.27. The molecule has 3 aromatic rings. The van der Waals surface area contributed by atoms with Gasteiger partial charge in [0, 0.05) is 22.9 Å². The first kappa shape index (κ1) is 18.7. The van der Waals surface area contributed by atoms with E-state index in [1.165, 1.54) is 30.7 Å². The molecule has 2 aromatic heterocycles. The second-order valence-electron chi connectivity index (χ2n) is 7.07. The topological polar surface area (TPSA) is 120 Å². The summed E-state index contributed by atoms with van der Waals surface area (Å²) in [5.41, 5.74) is 6.28. The number of hydrogen-bond donors (Lipinski definition) is 2. The monoisotopic (exact) mass is 428 g/mol. The maximum atomic E-state index is 11.6. The molecule has 156 valence electrons. The molecule has 8 nitrogen and oxygen atoms in total. The quantitative estimate of drug-likeness (QED) is 0.597. The fourth-order valence-corrected chi connectivity index (χ4v) is 2.85. The fraction of sp³-hybridized carbons (Fsp3) is 0.238. The highest BCUT2D eigenvalue weighted by molar-refractivity contribution is 7.89. The molecule has 0 saturated carbocycles. The number of nitrogens with two attached hydrogens (primary N) is 1. The summed E-state index contributed by atoms with van der Waals surface area (Å²) in [6, 6.07) is 7.83. The first-order valence-electron chi connectivity index (χ1n) is 9.81. The van der Waals surface area contributed by atoms with Crippen molar-refractivity contribution in [3.05, 3.63) is 60.0 Å². The first-order valence-corrected chi connectivity index (χ1v) is 10.7. The normalized spacial score (nSPS) is 13.1. The number of anilines is 1. The predicted octanol–water partition coefficient (Wildman–Crippen LogP) is 2.04. The standard InChI is InChI=1S/C21H22N4O4S/c1-21(2,26)8-7-15-5-4-6-16(9-15)14-29-19-10-17(11-23-20(19)22)18-12-24-25(13-18)30(3,27)28/h4-6,9-13,26H,14H2,1-3H3,(H2,22,23)/i14D2. The van der Waals surface area contributed by atoms with Gasteiger partial charge in [-0.15, -0.1) is 0 Å². The van der Waals surface area contributed by atoms with E-state index >= 15 is 0 Å². The van der Waals surface area contributed by atoms with Crippen LogP contribution in [0.2, 0.25) is 0 Å². The predicted molar refractivity (Wildman–Crippen MR) is 114 cm³/mol. The Kier molecular flexibility index (Phi) is 5.09. The molecule has 3 N–H and O–H groups in total. The van der Waals surface area contributed by atoms with Crippen molar-refractivity contribution in [2.75, 3.05) is 12.0 Å². The van der Waals surface area contributed by atoms with E-state index in [4.69, 9.17) is 13.2 Å². The van der Waals surface area contributed by atoms with E-state index < -0.39 is 22.2 Å². The largest absolute Gasteiger partial charge is 0.485 e. The third-order valence-corrected chi connectivity index (χ3v) is 4.65. The summed E-state index contributed by atoms with van der Waals surface area (Å²) in [6.07, 6.45) is 5.09. The summed E-state index contributed by atoms with van der Waals surface area (Å²) in [6.45, 7) is 0.821. The highest BCUT2D eigenvalue weighted by atomic mass is 32.2. The van der Waals surface area contributed by atoms with Crippen molar-refractivity contribution in [1.29, 1.82) is 0 Å². The molecule has 30 heavy (non-hydrogen) atoms. The van der Waals surface area contributed by atoms with Gasteiger partial charge in [0.1, 0.15) is 12.2 Å². The van der Waals surface area contributed by atoms with Gasteiger partial charge in [0.05, 0.1) is 21.4 Å². The van der Waals surface area contributed by atoms with Gasteiger partial charge in [-0.2, -0.15) is 9.19 Å². The Bertz CT molecular complexity index is 1320. The van der Waals surface area contributed by atoms with Gasteiger partial charge in [-0.1, -0.05) is 24.0 Å². The van der Waals surface area contributed by atoms with Gasteiger partial charge in [-0.25, -0.2) is 13.4 Å². The van der Waals surface area contributed by atoms with Crippen LogP contribution in [0, 0.1) is 11.8 Å². The molecular weight excluding hydrogens is 404 g/mol. The number of hydrogen-bond acceptors (Lipinski definition) is 7. The molecule has 2 heterocycles. The van der Waals surface area contributed by atoms with E-state index in [2.05, 4.69) is 21.9 Å². The molecule has 1 aromatic carbocycles. The summed E-state index contributed by atoms with van der Waals surface area (Å²) in [5.74, 6) is 5.42. The number of aromatic nitrogens is 3. The van der Waals surface area contributed by atoms with E-state index in [-0.39, 0.29) is 17.1 Å². The number of nitrogens with zero attached hydrogens (tertiary/aromatic N) is 3. The van der Waals surface area contributed by atoms with Crippen molar-refractivity contribution in [2.24, 2.45) is 0 Å². The molecule has 0 bridgehead atoms. The van der Waals surface area contributed by atoms with E-state index in [1.54, 1.807) is 32.0 Å². The zero-order chi connectivity index (χ0) is 23.7. The van der Waals surface area contributed by atoms with Gasteiger partial charge in [0.15, 0.2) is 11.6 Å². The summed E-state index contributed by atoms with van der Waals surface area (Å²) >= 11 is 0. The van der Waals surface area contributed by atoms with Gasteiger partial charge in [0.2, 0.25) is 0 Å². The summed E-state index contributed by atoms with van der Waals surface area (Å²) in [4.78, 5) is 4.03. The van der Waals surface area contributed by atoms with E-state index in [1.807, 2.05) is 0 Å². The first-order chi connectivity index (χ1) is 14.7. The molecule has 0 aliphatic heterocycles. The number of ether oxygens (including phenoxy) is 1. The van der Waals surface area contributed by atoms with Crippen LogP contribution in [0.3, 0.4) is 0 Å². The van der Waals surface area contributed by atoms with Crippen LogP contribution in [0.15, 0.2) is 48.9 Å². The van der Waals surface area contributed by atoms with E-state index in [9.17, 15) is 13.5 Å². The van der Waals surface area contributed by atoms with Gasteiger partial charge >= 0.3 is 0 Å². The number of aliphatic hydroxyl groups is 1. The lowest BCUT2D eigenvalue weighted by atomic mass is 10.1. The Labute approximate surface area is 178 Å². The smallest absolute Gasteiger partial charge is 0.250 e. The van der Waals surface area contributed by atoms with E-state index in [0.29, 0.717) is 16.7 Å². The number of rotatable bonds is 5. The molecule has 3 rings (SSSR count). The molecule has 0 fully saturated rings. The van der Waals surface area contributed by atoms with Crippen LogP contribution in [-0.2, 0) is 16.6 Å². The molecule has 0 atom stereocenters. The van der Waals surface area contributed by atoms with Crippen LogP contribution in [0.1, 0.15) is 27.7 Å². The lowest BCUT2D eigenvalue weighted by Gasteiger charge is -2.10. The number of nitrogen functional groups attached to an aromatic ring is 1. The maximum Gasteiger partial charge on any atom is 0.250 e. The molecule has 0 spiro atoms. The molecular formula is C21H22N4O4S. The van der Waals surface area contributed by atoms with E-state index in [0.717, 1.165) is 10.3 Å². The number of benzene rings is 1. The minimum Gasteiger partial charge on any atom is -0.485 e. The Morgan fingerprint density at radius 3 is 2.73 bits per heavy atom. The van der Waals surface area contributed by atoms with Crippen molar-refractivity contribution in [1.82, 2.24) is 14.2 Å². The lowest BCUT2D eigenvalue weighted by molar-refractivity contribution is 0.143. The average molecular weight is 429 g/mol. The van der Waals surface area contributed by atoms with Crippen molar-refractivity contribution in [3.63, 3.8) is 0 Å². The Morgan fingerprint density at radius 1 is 1.30 bits per heavy atom.